The van der Waals surface area contributed by atoms with E-state index in [0.717, 1.165) is 16.7 Å². The Hall–Kier alpha value is -3.39. The summed E-state index contributed by atoms with van der Waals surface area (Å²) in [5, 5.41) is 9.08. The first kappa shape index (κ1) is 18.4. The van der Waals surface area contributed by atoms with Crippen molar-refractivity contribution in [3.8, 4) is 17.5 Å². The smallest absolute Gasteiger partial charge is 0.331 e. The fourth-order valence-electron chi connectivity index (χ4n) is 2.62. The Bertz CT molecular complexity index is 1060. The van der Waals surface area contributed by atoms with Crippen LogP contribution in [0.1, 0.15) is 37.5 Å². The van der Waals surface area contributed by atoms with E-state index in [4.69, 9.17) is 14.4 Å². The van der Waals surface area contributed by atoms with E-state index in [-0.39, 0.29) is 5.97 Å². The van der Waals surface area contributed by atoms with Crippen molar-refractivity contribution < 1.29 is 13.9 Å². The summed E-state index contributed by atoms with van der Waals surface area (Å²) >= 11 is 0. The summed E-state index contributed by atoms with van der Waals surface area (Å²) in [4.78, 5) is 16.2. The van der Waals surface area contributed by atoms with Crippen LogP contribution in [-0.2, 0) is 9.53 Å². The molecule has 5 heteroatoms. The maximum Gasteiger partial charge on any atom is 0.331 e. The van der Waals surface area contributed by atoms with E-state index in [9.17, 15) is 4.79 Å². The Balaban J connectivity index is 1.81. The number of nitrogens with zero attached hydrogens (tertiary/aromatic N) is 2. The first-order chi connectivity index (χ1) is 12.7. The van der Waals surface area contributed by atoms with Gasteiger partial charge in [-0.2, -0.15) is 5.26 Å². The van der Waals surface area contributed by atoms with Crippen LogP contribution in [0, 0.1) is 18.3 Å². The van der Waals surface area contributed by atoms with Gasteiger partial charge in [-0.3, -0.25) is 0 Å². The third kappa shape index (κ3) is 4.42. The number of rotatable bonds is 3. The minimum absolute atomic E-state index is 0.380. The van der Waals surface area contributed by atoms with Crippen LogP contribution in [0.3, 0.4) is 0 Å². The number of hydrogen-bond acceptors (Lipinski definition) is 5. The molecule has 3 aromatic rings. The lowest BCUT2D eigenvalue weighted by atomic mass is 10.1. The standard InChI is InChI=1S/C22H20N2O3/c1-14-11-16(13-23)12-18-20(14)26-21(24-18)17-8-5-15(6-9-17)7-10-19(25)27-22(2,3)4/h5-12H,1-4H3. The summed E-state index contributed by atoms with van der Waals surface area (Å²) < 4.78 is 11.1. The molecule has 2 aromatic carbocycles. The van der Waals surface area contributed by atoms with E-state index < -0.39 is 5.60 Å². The highest BCUT2D eigenvalue weighted by molar-refractivity contribution is 5.87. The summed E-state index contributed by atoms with van der Waals surface area (Å²) in [6.45, 7) is 7.38. The lowest BCUT2D eigenvalue weighted by Gasteiger charge is -2.17. The number of carbonyl (C=O) groups is 1. The van der Waals surface area contributed by atoms with Crippen molar-refractivity contribution >= 4 is 23.1 Å². The van der Waals surface area contributed by atoms with Crippen LogP contribution >= 0.6 is 0 Å². The maximum absolute atomic E-state index is 11.7. The number of hydrogen-bond donors (Lipinski definition) is 0. The molecule has 0 spiro atoms. The van der Waals surface area contributed by atoms with Crippen LogP contribution in [0.4, 0.5) is 0 Å². The van der Waals surface area contributed by atoms with Crippen molar-refractivity contribution in [2.24, 2.45) is 0 Å². The highest BCUT2D eigenvalue weighted by Gasteiger charge is 2.14. The molecule has 0 unspecified atom stereocenters. The second-order valence-corrected chi connectivity index (χ2v) is 7.26. The van der Waals surface area contributed by atoms with Gasteiger partial charge >= 0.3 is 5.97 Å². The molecule has 0 aliphatic carbocycles. The summed E-state index contributed by atoms with van der Waals surface area (Å²) in [7, 11) is 0. The zero-order chi connectivity index (χ0) is 19.6. The lowest BCUT2D eigenvalue weighted by Crippen LogP contribution is -2.22. The number of oxazole rings is 1. The summed E-state index contributed by atoms with van der Waals surface area (Å²) in [6, 6.07) is 13.1. The molecule has 5 nitrogen and oxygen atoms in total. The zero-order valence-corrected chi connectivity index (χ0v) is 15.7. The largest absolute Gasteiger partial charge is 0.457 e. The molecule has 0 saturated heterocycles. The molecular weight excluding hydrogens is 340 g/mol. The van der Waals surface area contributed by atoms with Gasteiger partial charge in [-0.25, -0.2) is 9.78 Å². The van der Waals surface area contributed by atoms with Gasteiger partial charge < -0.3 is 9.15 Å². The Morgan fingerprint density at radius 1 is 1.22 bits per heavy atom. The third-order valence-corrected chi connectivity index (χ3v) is 3.78. The predicted octanol–water partition coefficient (Wildman–Crippen LogP) is 5.03. The number of esters is 1. The second-order valence-electron chi connectivity index (χ2n) is 7.26. The normalized spacial score (nSPS) is 11.7. The van der Waals surface area contributed by atoms with Crippen LogP contribution in [0.15, 0.2) is 46.9 Å². The number of nitriles is 1. The fraction of sp³-hybridized carbons (Fsp3) is 0.227. The monoisotopic (exact) mass is 360 g/mol. The Labute approximate surface area is 157 Å². The summed E-state index contributed by atoms with van der Waals surface area (Å²) in [6.07, 6.45) is 3.11. The molecule has 0 amide bonds. The van der Waals surface area contributed by atoms with Crippen molar-refractivity contribution in [3.05, 3.63) is 59.2 Å². The molecule has 0 bridgehead atoms. The van der Waals surface area contributed by atoms with Crippen LogP contribution in [0.5, 0.6) is 0 Å². The fourth-order valence-corrected chi connectivity index (χ4v) is 2.62. The van der Waals surface area contributed by atoms with Crippen LogP contribution in [-0.4, -0.2) is 16.6 Å². The van der Waals surface area contributed by atoms with Crippen molar-refractivity contribution in [2.45, 2.75) is 33.3 Å². The Morgan fingerprint density at radius 2 is 1.93 bits per heavy atom. The zero-order valence-electron chi connectivity index (χ0n) is 15.7. The van der Waals surface area contributed by atoms with Gasteiger partial charge in [0.15, 0.2) is 5.58 Å². The van der Waals surface area contributed by atoms with Crippen molar-refractivity contribution in [1.82, 2.24) is 4.98 Å². The number of benzene rings is 2. The average Bonchev–Trinajstić information content (AvgIpc) is 3.03. The second kappa shape index (κ2) is 7.08. The van der Waals surface area contributed by atoms with Gasteiger partial charge in [0.05, 0.1) is 11.6 Å². The minimum atomic E-state index is -0.512. The van der Waals surface area contributed by atoms with Crippen LogP contribution in [0.25, 0.3) is 28.6 Å². The van der Waals surface area contributed by atoms with E-state index in [1.807, 2.05) is 52.0 Å². The van der Waals surface area contributed by atoms with E-state index in [1.54, 1.807) is 18.2 Å². The summed E-state index contributed by atoms with van der Waals surface area (Å²) in [5.41, 5.74) is 3.94. The van der Waals surface area contributed by atoms with Crippen LogP contribution in [0.2, 0.25) is 0 Å². The minimum Gasteiger partial charge on any atom is -0.457 e. The molecule has 27 heavy (non-hydrogen) atoms. The molecule has 0 N–H and O–H groups in total. The van der Waals surface area contributed by atoms with Crippen molar-refractivity contribution in [3.63, 3.8) is 0 Å². The van der Waals surface area contributed by atoms with E-state index in [2.05, 4.69) is 11.1 Å². The van der Waals surface area contributed by atoms with Gasteiger partial charge in [0.25, 0.3) is 0 Å². The maximum atomic E-state index is 11.7. The molecule has 0 aliphatic heterocycles. The van der Waals surface area contributed by atoms with Gasteiger partial charge in [0.1, 0.15) is 11.1 Å². The molecule has 136 valence electrons. The molecule has 0 fully saturated rings. The number of fused-ring (bicyclic) bond motifs is 1. The number of carbonyl (C=O) groups excluding carboxylic acids is 1. The van der Waals surface area contributed by atoms with Gasteiger partial charge in [-0.1, -0.05) is 12.1 Å². The van der Waals surface area contributed by atoms with Gasteiger partial charge in [-0.15, -0.1) is 0 Å². The quantitative estimate of drug-likeness (QED) is 0.484. The predicted molar refractivity (Wildman–Crippen MR) is 104 cm³/mol. The number of aryl methyl sites for hydroxylation is 1. The van der Waals surface area contributed by atoms with E-state index in [1.165, 1.54) is 6.08 Å². The number of ether oxygens (including phenoxy) is 1. The van der Waals surface area contributed by atoms with Crippen molar-refractivity contribution in [2.75, 3.05) is 0 Å². The SMILES string of the molecule is Cc1cc(C#N)cc2nc(-c3ccc(C=CC(=O)OC(C)(C)C)cc3)oc12. The Kier molecular flexibility index (Phi) is 4.83. The number of aromatic nitrogens is 1. The third-order valence-electron chi connectivity index (χ3n) is 3.78. The highest BCUT2D eigenvalue weighted by atomic mass is 16.6. The lowest BCUT2D eigenvalue weighted by molar-refractivity contribution is -0.148. The van der Waals surface area contributed by atoms with E-state index in [0.29, 0.717) is 22.6 Å². The Morgan fingerprint density at radius 3 is 2.56 bits per heavy atom. The highest BCUT2D eigenvalue weighted by Crippen LogP contribution is 2.27. The molecule has 0 saturated carbocycles. The van der Waals surface area contributed by atoms with Crippen molar-refractivity contribution in [1.29, 1.82) is 5.26 Å². The molecule has 3 rings (SSSR count). The molecule has 0 radical (unpaired) electrons. The molecule has 1 aromatic heterocycles. The first-order valence-corrected chi connectivity index (χ1v) is 8.58. The average molecular weight is 360 g/mol. The molecular formula is C22H20N2O3. The van der Waals surface area contributed by atoms with Crippen LogP contribution < -0.4 is 0 Å². The van der Waals surface area contributed by atoms with E-state index >= 15 is 0 Å². The molecule has 0 aliphatic rings. The molecule has 1 heterocycles. The van der Waals surface area contributed by atoms with Gasteiger partial charge in [0.2, 0.25) is 5.89 Å². The topological polar surface area (TPSA) is 76.1 Å². The summed E-state index contributed by atoms with van der Waals surface area (Å²) in [5.74, 6) is 0.111. The molecule has 0 atom stereocenters. The first-order valence-electron chi connectivity index (χ1n) is 8.58. The van der Waals surface area contributed by atoms with Gasteiger partial charge in [0, 0.05) is 11.6 Å². The van der Waals surface area contributed by atoms with Gasteiger partial charge in [-0.05, 0) is 69.2 Å².